The fraction of sp³-hybridized carbons (Fsp3) is 0.406. The molecule has 0 unspecified atom stereocenters. The number of nitrogens with one attached hydrogen (secondary N) is 2. The van der Waals surface area contributed by atoms with E-state index in [1.54, 1.807) is 36.4 Å². The lowest BCUT2D eigenvalue weighted by molar-refractivity contribution is 0.112. The van der Waals surface area contributed by atoms with Crippen molar-refractivity contribution in [2.45, 2.75) is 52.1 Å². The topological polar surface area (TPSA) is 91.0 Å². The predicted octanol–water partition coefficient (Wildman–Crippen LogP) is 6.92. The molecule has 0 aliphatic carbocycles. The van der Waals surface area contributed by atoms with Gasteiger partial charge in [0, 0.05) is 43.6 Å². The van der Waals surface area contributed by atoms with Gasteiger partial charge in [0.05, 0.1) is 6.26 Å². The van der Waals surface area contributed by atoms with Gasteiger partial charge in [0.2, 0.25) is 10.0 Å². The number of urea groups is 1. The van der Waals surface area contributed by atoms with Crippen LogP contribution < -0.4 is 14.8 Å². The number of carbonyl (C=O) groups excluding carboxylic acids is 1. The van der Waals surface area contributed by atoms with E-state index in [9.17, 15) is 17.6 Å². The van der Waals surface area contributed by atoms with Crippen LogP contribution in [0.15, 0.2) is 72.8 Å². The maximum atomic E-state index is 13.3. The number of piperidine rings is 1. The molecule has 1 aliphatic heterocycles. The minimum atomic E-state index is -3.32. The number of hydrogen-bond acceptors (Lipinski definition) is 5. The quantitative estimate of drug-likeness (QED) is 0.237. The molecule has 0 aromatic heterocycles. The summed E-state index contributed by atoms with van der Waals surface area (Å²) >= 11 is 0. The molecular weight excluding hydrogens is 555 g/mol. The molecule has 1 fully saturated rings. The van der Waals surface area contributed by atoms with E-state index in [2.05, 4.69) is 40.9 Å². The van der Waals surface area contributed by atoms with E-state index in [0.717, 1.165) is 51.6 Å². The average molecular weight is 597 g/mol. The normalized spacial score (nSPS) is 14.5. The minimum Gasteiger partial charge on any atom is -0.457 e. The summed E-state index contributed by atoms with van der Waals surface area (Å²) in [7, 11) is -3.32. The predicted molar refractivity (Wildman–Crippen MR) is 166 cm³/mol. The Balaban J connectivity index is 1.30. The van der Waals surface area contributed by atoms with Crippen LogP contribution in [0.25, 0.3) is 0 Å². The second-order valence-electron chi connectivity index (χ2n) is 10.9. The fourth-order valence-corrected chi connectivity index (χ4v) is 5.77. The number of ether oxygens (including phenoxy) is 1. The molecule has 0 atom stereocenters. The van der Waals surface area contributed by atoms with Crippen LogP contribution in [0.5, 0.6) is 11.5 Å². The molecular formula is C32H41FN4O4S. The zero-order chi connectivity index (χ0) is 30.1. The molecule has 0 bridgehead atoms. The summed E-state index contributed by atoms with van der Waals surface area (Å²) in [5.41, 5.74) is 2.26. The molecule has 1 heterocycles. The number of rotatable bonds is 12. The third-order valence-electron chi connectivity index (χ3n) is 7.69. The molecule has 10 heteroatoms. The van der Waals surface area contributed by atoms with Gasteiger partial charge in [-0.05, 0) is 85.0 Å². The smallest absolute Gasteiger partial charge is 0.322 e. The first-order valence-electron chi connectivity index (χ1n) is 14.5. The Hall–Kier alpha value is -3.63. The number of sulfonamides is 1. The Kier molecular flexibility index (Phi) is 10.8. The molecule has 0 spiro atoms. The first-order valence-corrected chi connectivity index (χ1v) is 16.4. The third kappa shape index (κ3) is 9.46. The van der Waals surface area contributed by atoms with Crippen LogP contribution in [-0.4, -0.2) is 56.2 Å². The van der Waals surface area contributed by atoms with E-state index < -0.39 is 10.0 Å². The van der Waals surface area contributed by atoms with Crippen molar-refractivity contribution in [3.05, 3.63) is 84.2 Å². The third-order valence-corrected chi connectivity index (χ3v) is 8.29. The number of amides is 2. The van der Waals surface area contributed by atoms with Gasteiger partial charge in [-0.1, -0.05) is 38.8 Å². The molecule has 4 rings (SSSR count). The zero-order valence-corrected chi connectivity index (χ0v) is 25.4. The van der Waals surface area contributed by atoms with E-state index in [1.807, 2.05) is 17.0 Å². The van der Waals surface area contributed by atoms with Crippen LogP contribution in [0.4, 0.5) is 20.6 Å². The largest absolute Gasteiger partial charge is 0.457 e. The van der Waals surface area contributed by atoms with Crippen LogP contribution in [0, 0.1) is 11.7 Å². The highest BCUT2D eigenvalue weighted by Gasteiger charge is 2.29. The molecule has 1 saturated heterocycles. The number of halogens is 1. The van der Waals surface area contributed by atoms with E-state index in [-0.39, 0.29) is 17.9 Å². The highest BCUT2D eigenvalue weighted by molar-refractivity contribution is 7.92. The van der Waals surface area contributed by atoms with E-state index in [4.69, 9.17) is 4.74 Å². The first kappa shape index (κ1) is 31.3. The highest BCUT2D eigenvalue weighted by Crippen LogP contribution is 2.26. The SMILES string of the molecule is CCC(CC)CN(C(=O)Nc1ccc(F)cc1)C1CCN(Cc2ccc(Oc3ccc(NS(C)(=O)=O)cc3)cc2)CC1. The number of benzene rings is 3. The van der Waals surface area contributed by atoms with Crippen LogP contribution in [0.1, 0.15) is 45.1 Å². The molecule has 0 radical (unpaired) electrons. The van der Waals surface area contributed by atoms with Crippen LogP contribution in [0.3, 0.4) is 0 Å². The number of hydrogen-bond donors (Lipinski definition) is 2. The molecule has 3 aromatic rings. The van der Waals surface area contributed by atoms with Crippen molar-refractivity contribution in [2.75, 3.05) is 35.9 Å². The van der Waals surface area contributed by atoms with Crippen LogP contribution >= 0.6 is 0 Å². The van der Waals surface area contributed by atoms with Crippen molar-refractivity contribution >= 4 is 27.4 Å². The maximum Gasteiger partial charge on any atom is 0.322 e. The molecule has 2 N–H and O–H groups in total. The summed E-state index contributed by atoms with van der Waals surface area (Å²) in [4.78, 5) is 17.7. The number of anilines is 2. The Bertz CT molecular complexity index is 1390. The second kappa shape index (κ2) is 14.5. The zero-order valence-electron chi connectivity index (χ0n) is 24.6. The number of nitrogens with zero attached hydrogens (tertiary/aromatic N) is 2. The fourth-order valence-electron chi connectivity index (χ4n) is 5.20. The van der Waals surface area contributed by atoms with Gasteiger partial charge in [0.1, 0.15) is 17.3 Å². The van der Waals surface area contributed by atoms with Gasteiger partial charge in [-0.25, -0.2) is 17.6 Å². The number of likely N-dealkylation sites (tertiary alicyclic amines) is 1. The van der Waals surface area contributed by atoms with Crippen molar-refractivity contribution in [1.82, 2.24) is 9.80 Å². The van der Waals surface area contributed by atoms with Gasteiger partial charge in [0.25, 0.3) is 0 Å². The van der Waals surface area contributed by atoms with Gasteiger partial charge >= 0.3 is 6.03 Å². The highest BCUT2D eigenvalue weighted by atomic mass is 32.2. The monoisotopic (exact) mass is 596 g/mol. The molecule has 1 aliphatic rings. The Morgan fingerprint density at radius 1 is 0.929 bits per heavy atom. The summed E-state index contributed by atoms with van der Waals surface area (Å²) in [5, 5.41) is 2.97. The number of carbonyl (C=O) groups is 1. The van der Waals surface area contributed by atoms with Gasteiger partial charge in [0.15, 0.2) is 0 Å². The minimum absolute atomic E-state index is 0.121. The Morgan fingerprint density at radius 3 is 2.02 bits per heavy atom. The van der Waals surface area contributed by atoms with Crippen LogP contribution in [0.2, 0.25) is 0 Å². The summed E-state index contributed by atoms with van der Waals surface area (Å²) in [6, 6.07) is 20.7. The summed E-state index contributed by atoms with van der Waals surface area (Å²) in [6.07, 6.45) is 4.93. The molecule has 3 aromatic carbocycles. The van der Waals surface area contributed by atoms with Gasteiger partial charge in [-0.2, -0.15) is 0 Å². The van der Waals surface area contributed by atoms with Crippen molar-refractivity contribution in [1.29, 1.82) is 0 Å². The summed E-state index contributed by atoms with van der Waals surface area (Å²) < 4.78 is 44.5. The van der Waals surface area contributed by atoms with E-state index in [1.165, 1.54) is 17.7 Å². The Morgan fingerprint density at radius 2 is 1.48 bits per heavy atom. The van der Waals surface area contributed by atoms with Crippen molar-refractivity contribution in [3.8, 4) is 11.5 Å². The van der Waals surface area contributed by atoms with Crippen molar-refractivity contribution in [2.24, 2.45) is 5.92 Å². The lowest BCUT2D eigenvalue weighted by atomic mass is 9.98. The van der Waals surface area contributed by atoms with E-state index >= 15 is 0 Å². The molecule has 42 heavy (non-hydrogen) atoms. The summed E-state index contributed by atoms with van der Waals surface area (Å²) in [6.45, 7) is 7.63. The van der Waals surface area contributed by atoms with Gasteiger partial charge < -0.3 is 15.0 Å². The van der Waals surface area contributed by atoms with Crippen molar-refractivity contribution < 1.29 is 22.3 Å². The lowest BCUT2D eigenvalue weighted by Crippen LogP contribution is -2.50. The summed E-state index contributed by atoms with van der Waals surface area (Å²) in [5.74, 6) is 1.42. The molecule has 8 nitrogen and oxygen atoms in total. The second-order valence-corrected chi connectivity index (χ2v) is 12.7. The molecule has 2 amide bonds. The lowest BCUT2D eigenvalue weighted by Gasteiger charge is -2.40. The average Bonchev–Trinajstić information content (AvgIpc) is 2.97. The molecule has 0 saturated carbocycles. The Labute approximate surface area is 248 Å². The van der Waals surface area contributed by atoms with Crippen LogP contribution in [-0.2, 0) is 16.6 Å². The van der Waals surface area contributed by atoms with E-state index in [0.29, 0.717) is 35.3 Å². The standard InChI is InChI=1S/C32H41FN4O4S/c1-4-24(5-2)23-37(32(38)34-27-10-8-26(33)9-11-27)29-18-20-36(21-19-29)22-25-6-14-30(15-7-25)41-31-16-12-28(13-17-31)35-42(3,39)40/h6-17,24,29,35H,4-5,18-23H2,1-3H3,(H,34,38). The maximum absolute atomic E-state index is 13.3. The first-order chi connectivity index (χ1) is 20.1. The van der Waals surface area contributed by atoms with Gasteiger partial charge in [-0.15, -0.1) is 0 Å². The molecule has 226 valence electrons. The van der Waals surface area contributed by atoms with Crippen molar-refractivity contribution in [3.63, 3.8) is 0 Å². The van der Waals surface area contributed by atoms with Gasteiger partial charge in [-0.3, -0.25) is 9.62 Å².